The average molecular weight is 328 g/mol. The van der Waals surface area contributed by atoms with Gasteiger partial charge in [0.1, 0.15) is 11.6 Å². The first-order valence-corrected chi connectivity index (χ1v) is 8.46. The number of aryl methyl sites for hydroxylation is 2. The summed E-state index contributed by atoms with van der Waals surface area (Å²) in [7, 11) is 0. The van der Waals surface area contributed by atoms with Crippen molar-refractivity contribution >= 4 is 23.1 Å². The zero-order valence-electron chi connectivity index (χ0n) is 14.7. The molecule has 4 heterocycles. The van der Waals surface area contributed by atoms with Crippen molar-refractivity contribution in [1.82, 2.24) is 19.9 Å². The molecule has 1 aromatic carbocycles. The second-order valence-electron chi connectivity index (χ2n) is 7.26. The zero-order valence-corrected chi connectivity index (χ0v) is 14.7. The first-order chi connectivity index (χ1) is 12.0. The van der Waals surface area contributed by atoms with Gasteiger partial charge in [0, 0.05) is 22.5 Å². The minimum atomic E-state index is -0.211. The van der Waals surface area contributed by atoms with Crippen molar-refractivity contribution in [3.8, 4) is 11.8 Å². The Balaban J connectivity index is 1.91. The van der Waals surface area contributed by atoms with Gasteiger partial charge in [-0.3, -0.25) is 0 Å². The molecular weight excluding hydrogens is 311 g/mol. The lowest BCUT2D eigenvalue weighted by Gasteiger charge is -2.39. The van der Waals surface area contributed by atoms with Crippen LogP contribution in [0.15, 0.2) is 30.5 Å². The van der Waals surface area contributed by atoms with E-state index in [1.165, 1.54) is 11.0 Å². The van der Waals surface area contributed by atoms with Crippen LogP contribution in [0.4, 0.5) is 0 Å². The molecule has 122 valence electrons. The molecule has 0 saturated heterocycles. The van der Waals surface area contributed by atoms with E-state index in [2.05, 4.69) is 53.1 Å². The predicted molar refractivity (Wildman–Crippen MR) is 96.8 cm³/mol. The summed E-state index contributed by atoms with van der Waals surface area (Å²) in [5.41, 5.74) is 5.39. The Labute approximate surface area is 146 Å². The molecule has 0 N–H and O–H groups in total. The summed E-state index contributed by atoms with van der Waals surface area (Å²) in [5, 5.41) is 0. The maximum Gasteiger partial charge on any atom is 0.260 e. The Morgan fingerprint density at radius 3 is 2.52 bits per heavy atom. The minimum absolute atomic E-state index is 0.0131. The number of aromatic nitrogens is 4. The first kappa shape index (κ1) is 14.6. The summed E-state index contributed by atoms with van der Waals surface area (Å²) >= 11 is 0. The van der Waals surface area contributed by atoms with Crippen LogP contribution in [0.3, 0.4) is 0 Å². The van der Waals surface area contributed by atoms with Gasteiger partial charge in [0.2, 0.25) is 11.8 Å². The molecule has 2 aromatic heterocycles. The number of hydrogen-bond donors (Lipinski definition) is 0. The summed E-state index contributed by atoms with van der Waals surface area (Å²) in [5.74, 6) is 2.64. The lowest BCUT2D eigenvalue weighted by Crippen LogP contribution is -2.63. The second kappa shape index (κ2) is 4.66. The zero-order chi connectivity index (χ0) is 17.3. The molecule has 0 spiro atoms. The van der Waals surface area contributed by atoms with Gasteiger partial charge in [0.15, 0.2) is 0 Å². The van der Waals surface area contributed by atoms with Gasteiger partial charge in [0.25, 0.3) is 6.71 Å². The quantitative estimate of drug-likeness (QED) is 0.453. The maximum absolute atomic E-state index is 6.09. The third-order valence-corrected chi connectivity index (χ3v) is 5.25. The number of rotatable bonds is 0. The van der Waals surface area contributed by atoms with Crippen molar-refractivity contribution < 1.29 is 4.74 Å². The molecular formula is C19H17BN4O. The third kappa shape index (κ3) is 1.85. The van der Waals surface area contributed by atoms with E-state index in [0.717, 1.165) is 16.6 Å². The highest BCUT2D eigenvalue weighted by Crippen LogP contribution is 2.35. The fourth-order valence-corrected chi connectivity index (χ4v) is 4.12. The van der Waals surface area contributed by atoms with Crippen LogP contribution in [0.1, 0.15) is 36.8 Å². The molecule has 0 aliphatic carbocycles. The molecule has 0 bridgehead atoms. The van der Waals surface area contributed by atoms with Gasteiger partial charge in [-0.15, -0.1) is 0 Å². The van der Waals surface area contributed by atoms with E-state index in [0.29, 0.717) is 23.4 Å². The normalized spacial score (nSPS) is 15.8. The van der Waals surface area contributed by atoms with E-state index >= 15 is 0 Å². The summed E-state index contributed by atoms with van der Waals surface area (Å²) in [6.07, 6.45) is 1.88. The van der Waals surface area contributed by atoms with Crippen molar-refractivity contribution in [3.63, 3.8) is 0 Å². The molecule has 0 saturated carbocycles. The topological polar surface area (TPSA) is 60.8 Å². The predicted octanol–water partition coefficient (Wildman–Crippen LogP) is 1.14. The van der Waals surface area contributed by atoms with E-state index in [9.17, 15) is 0 Å². The molecule has 0 unspecified atom stereocenters. The number of hydrogen-bond acceptors (Lipinski definition) is 5. The number of ether oxygens (including phenoxy) is 1. The summed E-state index contributed by atoms with van der Waals surface area (Å²) in [6, 6.07) is 8.55. The Hall–Kier alpha value is -2.76. The van der Waals surface area contributed by atoms with Crippen LogP contribution in [0.2, 0.25) is 0 Å². The molecule has 3 aromatic rings. The smallest absolute Gasteiger partial charge is 0.260 e. The van der Waals surface area contributed by atoms with E-state index < -0.39 is 0 Å². The fourth-order valence-electron chi connectivity index (χ4n) is 4.12. The molecule has 0 amide bonds. The standard InChI is InChI=1S/C19H17BN4O/c1-10-21-9-14-17(23-10)25-18-15-16(22-11(2)24-18)19(3,4)12-7-5-6-8-13(12)20(14)15/h5-9H,1-4H3. The number of fused-ring (bicyclic) bond motifs is 4. The van der Waals surface area contributed by atoms with E-state index in [-0.39, 0.29) is 12.1 Å². The SMILES string of the molecule is Cc1ncc2c(n1)Oc1nc(C)nc3c1B2c1ccccc1C3(C)C. The number of benzene rings is 1. The van der Waals surface area contributed by atoms with Gasteiger partial charge in [-0.1, -0.05) is 43.6 Å². The van der Waals surface area contributed by atoms with Gasteiger partial charge in [-0.2, -0.15) is 9.97 Å². The molecule has 6 heteroatoms. The van der Waals surface area contributed by atoms with E-state index in [1.807, 2.05) is 20.0 Å². The fraction of sp³-hybridized carbons (Fsp3) is 0.263. The number of nitrogens with zero attached hydrogens (tertiary/aromatic N) is 4. The van der Waals surface area contributed by atoms with Crippen molar-refractivity contribution in [3.05, 3.63) is 53.4 Å². The molecule has 0 atom stereocenters. The molecule has 5 rings (SSSR count). The van der Waals surface area contributed by atoms with Crippen molar-refractivity contribution in [2.24, 2.45) is 0 Å². The van der Waals surface area contributed by atoms with Crippen LogP contribution < -0.4 is 21.1 Å². The largest absolute Gasteiger partial charge is 0.422 e. The molecule has 0 radical (unpaired) electrons. The summed E-state index contributed by atoms with van der Waals surface area (Å²) in [4.78, 5) is 18.3. The molecule has 2 aliphatic rings. The van der Waals surface area contributed by atoms with E-state index in [4.69, 9.17) is 9.72 Å². The maximum atomic E-state index is 6.09. The van der Waals surface area contributed by atoms with Gasteiger partial charge in [-0.05, 0) is 19.4 Å². The molecule has 5 nitrogen and oxygen atoms in total. The van der Waals surface area contributed by atoms with E-state index in [1.54, 1.807) is 0 Å². The Morgan fingerprint density at radius 2 is 1.68 bits per heavy atom. The third-order valence-electron chi connectivity index (χ3n) is 5.25. The molecule has 2 aliphatic heterocycles. The van der Waals surface area contributed by atoms with Gasteiger partial charge in [0.05, 0.1) is 5.69 Å². The van der Waals surface area contributed by atoms with Crippen molar-refractivity contribution in [1.29, 1.82) is 0 Å². The highest BCUT2D eigenvalue weighted by atomic mass is 16.5. The lowest BCUT2D eigenvalue weighted by molar-refractivity contribution is 0.440. The first-order valence-electron chi connectivity index (χ1n) is 8.46. The van der Waals surface area contributed by atoms with Crippen LogP contribution in [-0.4, -0.2) is 26.6 Å². The van der Waals surface area contributed by atoms with Crippen molar-refractivity contribution in [2.75, 3.05) is 0 Å². The highest BCUT2D eigenvalue weighted by Gasteiger charge is 2.47. The average Bonchev–Trinajstić information content (AvgIpc) is 2.58. The van der Waals surface area contributed by atoms with Crippen LogP contribution in [-0.2, 0) is 5.41 Å². The molecule has 25 heavy (non-hydrogen) atoms. The second-order valence-corrected chi connectivity index (χ2v) is 7.26. The monoisotopic (exact) mass is 328 g/mol. The van der Waals surface area contributed by atoms with Crippen LogP contribution >= 0.6 is 0 Å². The highest BCUT2D eigenvalue weighted by molar-refractivity contribution is 6.97. The summed E-state index contributed by atoms with van der Waals surface area (Å²) < 4.78 is 6.09. The lowest BCUT2D eigenvalue weighted by atomic mass is 9.32. The Bertz CT molecular complexity index is 1050. The van der Waals surface area contributed by atoms with Crippen LogP contribution in [0.25, 0.3) is 0 Å². The van der Waals surface area contributed by atoms with Gasteiger partial charge < -0.3 is 4.74 Å². The van der Waals surface area contributed by atoms with Gasteiger partial charge in [-0.25, -0.2) is 9.97 Å². The van der Waals surface area contributed by atoms with Crippen molar-refractivity contribution in [2.45, 2.75) is 33.1 Å². The molecule has 0 fully saturated rings. The Kier molecular flexibility index (Phi) is 2.71. The minimum Gasteiger partial charge on any atom is -0.422 e. The summed E-state index contributed by atoms with van der Waals surface area (Å²) in [6.45, 7) is 8.22. The Morgan fingerprint density at radius 1 is 0.920 bits per heavy atom. The van der Waals surface area contributed by atoms with Crippen LogP contribution in [0, 0.1) is 13.8 Å². The van der Waals surface area contributed by atoms with Gasteiger partial charge >= 0.3 is 0 Å². The van der Waals surface area contributed by atoms with Crippen LogP contribution in [0.5, 0.6) is 11.8 Å².